The Hall–Kier alpha value is -2.58. The fraction of sp³-hybridized carbons (Fsp3) is 0.118. The standard InChI is InChI=1S/C17H15ClFN5OS/c1-23(14-7-3-5-12(18)9-14)15(25)10-26-17-22-21-16(24(17)20)11-4-2-6-13(19)8-11/h2-9H,10,20H2,1H3. The van der Waals surface area contributed by atoms with E-state index in [1.807, 2.05) is 0 Å². The van der Waals surface area contributed by atoms with E-state index >= 15 is 0 Å². The third-order valence-electron chi connectivity index (χ3n) is 3.64. The summed E-state index contributed by atoms with van der Waals surface area (Å²) in [5, 5.41) is 8.86. The van der Waals surface area contributed by atoms with Crippen LogP contribution in [0.25, 0.3) is 11.4 Å². The van der Waals surface area contributed by atoms with Gasteiger partial charge in [0.2, 0.25) is 11.1 Å². The molecule has 26 heavy (non-hydrogen) atoms. The van der Waals surface area contributed by atoms with Gasteiger partial charge in [-0.2, -0.15) is 0 Å². The molecule has 0 saturated carbocycles. The summed E-state index contributed by atoms with van der Waals surface area (Å²) >= 11 is 7.10. The highest BCUT2D eigenvalue weighted by Gasteiger charge is 2.16. The van der Waals surface area contributed by atoms with Gasteiger partial charge in [0.15, 0.2) is 5.82 Å². The van der Waals surface area contributed by atoms with Crippen molar-refractivity contribution in [2.75, 3.05) is 23.5 Å². The predicted octanol–water partition coefficient (Wildman–Crippen LogP) is 3.21. The summed E-state index contributed by atoms with van der Waals surface area (Å²) in [6.07, 6.45) is 0. The van der Waals surface area contributed by atoms with Gasteiger partial charge in [0, 0.05) is 23.3 Å². The van der Waals surface area contributed by atoms with Gasteiger partial charge in [-0.25, -0.2) is 9.07 Å². The highest BCUT2D eigenvalue weighted by molar-refractivity contribution is 7.99. The van der Waals surface area contributed by atoms with E-state index in [1.165, 1.54) is 21.7 Å². The van der Waals surface area contributed by atoms with E-state index in [0.29, 0.717) is 27.3 Å². The van der Waals surface area contributed by atoms with Crippen molar-refractivity contribution in [2.45, 2.75) is 5.16 Å². The van der Waals surface area contributed by atoms with Crippen molar-refractivity contribution in [1.29, 1.82) is 0 Å². The van der Waals surface area contributed by atoms with Crippen LogP contribution < -0.4 is 10.7 Å². The van der Waals surface area contributed by atoms with Crippen LogP contribution >= 0.6 is 23.4 Å². The van der Waals surface area contributed by atoms with Crippen molar-refractivity contribution in [1.82, 2.24) is 14.9 Å². The van der Waals surface area contributed by atoms with E-state index < -0.39 is 5.82 Å². The quantitative estimate of drug-likeness (QED) is 0.533. The van der Waals surface area contributed by atoms with Crippen molar-refractivity contribution in [3.05, 3.63) is 59.4 Å². The van der Waals surface area contributed by atoms with E-state index in [4.69, 9.17) is 17.4 Å². The first kappa shape index (κ1) is 18.2. The molecule has 1 amide bonds. The number of hydrogen-bond donors (Lipinski definition) is 1. The number of nitrogen functional groups attached to an aromatic ring is 1. The number of thioether (sulfide) groups is 1. The summed E-state index contributed by atoms with van der Waals surface area (Å²) in [6, 6.07) is 12.9. The summed E-state index contributed by atoms with van der Waals surface area (Å²) in [4.78, 5) is 13.9. The molecule has 2 aromatic carbocycles. The van der Waals surface area contributed by atoms with Crippen LogP contribution in [0.2, 0.25) is 5.02 Å². The minimum atomic E-state index is -0.391. The van der Waals surface area contributed by atoms with Gasteiger partial charge in [0.1, 0.15) is 5.82 Å². The third kappa shape index (κ3) is 3.97. The summed E-state index contributed by atoms with van der Waals surface area (Å²) < 4.78 is 14.6. The van der Waals surface area contributed by atoms with Crippen molar-refractivity contribution in [2.24, 2.45) is 0 Å². The van der Waals surface area contributed by atoms with Crippen LogP contribution in [0.4, 0.5) is 10.1 Å². The molecule has 0 unspecified atom stereocenters. The van der Waals surface area contributed by atoms with Gasteiger partial charge in [-0.3, -0.25) is 4.79 Å². The van der Waals surface area contributed by atoms with Gasteiger partial charge >= 0.3 is 0 Å². The van der Waals surface area contributed by atoms with Gasteiger partial charge in [-0.1, -0.05) is 41.6 Å². The number of aromatic nitrogens is 3. The van der Waals surface area contributed by atoms with E-state index in [9.17, 15) is 9.18 Å². The van der Waals surface area contributed by atoms with Gasteiger partial charge < -0.3 is 10.7 Å². The fourth-order valence-electron chi connectivity index (χ4n) is 2.25. The number of nitrogens with zero attached hydrogens (tertiary/aromatic N) is 4. The first-order valence-electron chi connectivity index (χ1n) is 7.57. The summed E-state index contributed by atoms with van der Waals surface area (Å²) in [5.74, 6) is 5.88. The monoisotopic (exact) mass is 391 g/mol. The minimum Gasteiger partial charge on any atom is -0.335 e. The molecule has 0 saturated heterocycles. The summed E-state index contributed by atoms with van der Waals surface area (Å²) in [7, 11) is 1.67. The van der Waals surface area contributed by atoms with Crippen LogP contribution in [0.1, 0.15) is 0 Å². The number of halogens is 2. The number of anilines is 1. The molecule has 0 aliphatic carbocycles. The lowest BCUT2D eigenvalue weighted by Gasteiger charge is -2.17. The van der Waals surface area contributed by atoms with E-state index in [2.05, 4.69) is 10.2 Å². The maximum atomic E-state index is 13.4. The second-order valence-corrected chi connectivity index (χ2v) is 6.79. The molecule has 0 fully saturated rings. The van der Waals surface area contributed by atoms with Gasteiger partial charge in [-0.05, 0) is 30.3 Å². The topological polar surface area (TPSA) is 77.0 Å². The lowest BCUT2D eigenvalue weighted by Crippen LogP contribution is -2.28. The van der Waals surface area contributed by atoms with Crippen LogP contribution in [0.15, 0.2) is 53.7 Å². The average molecular weight is 392 g/mol. The maximum Gasteiger partial charge on any atom is 0.237 e. The molecule has 6 nitrogen and oxygen atoms in total. The smallest absolute Gasteiger partial charge is 0.237 e. The summed E-state index contributed by atoms with van der Waals surface area (Å²) in [5.41, 5.74) is 1.20. The molecule has 0 aliphatic heterocycles. The number of rotatable bonds is 5. The van der Waals surface area contributed by atoms with Crippen molar-refractivity contribution in [3.8, 4) is 11.4 Å². The third-order valence-corrected chi connectivity index (χ3v) is 4.80. The number of nitrogens with two attached hydrogens (primary N) is 1. The van der Waals surface area contributed by atoms with E-state index in [1.54, 1.807) is 43.4 Å². The van der Waals surface area contributed by atoms with Crippen LogP contribution in [-0.4, -0.2) is 33.6 Å². The number of carbonyl (C=O) groups excluding carboxylic acids is 1. The minimum absolute atomic E-state index is 0.113. The number of carbonyl (C=O) groups is 1. The Labute approximate surface area is 158 Å². The van der Waals surface area contributed by atoms with Gasteiger partial charge in [0.25, 0.3) is 0 Å². The molecule has 0 aliphatic rings. The largest absolute Gasteiger partial charge is 0.335 e. The number of hydrogen-bond acceptors (Lipinski definition) is 5. The number of benzene rings is 2. The normalized spacial score (nSPS) is 10.7. The van der Waals surface area contributed by atoms with Gasteiger partial charge in [-0.15, -0.1) is 10.2 Å². The Bertz CT molecular complexity index is 948. The van der Waals surface area contributed by atoms with Crippen LogP contribution in [0.5, 0.6) is 0 Å². The van der Waals surface area contributed by atoms with Gasteiger partial charge in [0.05, 0.1) is 5.75 Å². The Kier molecular flexibility index (Phi) is 5.43. The van der Waals surface area contributed by atoms with Crippen molar-refractivity contribution < 1.29 is 9.18 Å². The molecule has 3 rings (SSSR count). The van der Waals surface area contributed by atoms with Crippen LogP contribution in [-0.2, 0) is 4.79 Å². The predicted molar refractivity (Wildman–Crippen MR) is 101 cm³/mol. The Balaban J connectivity index is 1.69. The fourth-order valence-corrected chi connectivity index (χ4v) is 3.21. The Morgan fingerprint density at radius 3 is 2.77 bits per heavy atom. The molecule has 1 heterocycles. The van der Waals surface area contributed by atoms with Crippen LogP contribution in [0, 0.1) is 5.82 Å². The second-order valence-electron chi connectivity index (χ2n) is 5.41. The SMILES string of the molecule is CN(C(=O)CSc1nnc(-c2cccc(F)c2)n1N)c1cccc(Cl)c1. The zero-order chi connectivity index (χ0) is 18.7. The molecule has 2 N–H and O–H groups in total. The van der Waals surface area contributed by atoms with Crippen LogP contribution in [0.3, 0.4) is 0 Å². The first-order valence-corrected chi connectivity index (χ1v) is 8.93. The van der Waals surface area contributed by atoms with Crippen molar-refractivity contribution in [3.63, 3.8) is 0 Å². The average Bonchev–Trinajstić information content (AvgIpc) is 2.99. The second kappa shape index (κ2) is 7.76. The lowest BCUT2D eigenvalue weighted by molar-refractivity contribution is -0.115. The highest BCUT2D eigenvalue weighted by atomic mass is 35.5. The molecule has 0 radical (unpaired) electrons. The molecular weight excluding hydrogens is 377 g/mol. The molecule has 0 spiro atoms. The van der Waals surface area contributed by atoms with E-state index in [-0.39, 0.29) is 11.7 Å². The zero-order valence-electron chi connectivity index (χ0n) is 13.8. The van der Waals surface area contributed by atoms with Crippen molar-refractivity contribution >= 4 is 35.0 Å². The first-order chi connectivity index (χ1) is 12.5. The molecule has 0 atom stereocenters. The highest BCUT2D eigenvalue weighted by Crippen LogP contribution is 2.23. The molecule has 134 valence electrons. The number of amides is 1. The Morgan fingerprint density at radius 1 is 1.27 bits per heavy atom. The Morgan fingerprint density at radius 2 is 2.04 bits per heavy atom. The molecule has 9 heteroatoms. The molecule has 1 aromatic heterocycles. The molecule has 3 aromatic rings. The summed E-state index contributed by atoms with van der Waals surface area (Å²) in [6.45, 7) is 0. The molecule has 0 bridgehead atoms. The molecular formula is C17H15ClFN5OS. The zero-order valence-corrected chi connectivity index (χ0v) is 15.3. The lowest BCUT2D eigenvalue weighted by atomic mass is 10.2. The van der Waals surface area contributed by atoms with E-state index in [0.717, 1.165) is 11.8 Å². The maximum absolute atomic E-state index is 13.4.